The van der Waals surface area contributed by atoms with Gasteiger partial charge in [0.2, 0.25) is 0 Å². The number of halogens is 4. The van der Waals surface area contributed by atoms with Crippen molar-refractivity contribution >= 4 is 35.1 Å². The van der Waals surface area contributed by atoms with Gasteiger partial charge in [0.1, 0.15) is 5.82 Å². The maximum Gasteiger partial charge on any atom is 0.418 e. The van der Waals surface area contributed by atoms with Gasteiger partial charge in [-0.1, -0.05) is 23.4 Å². The highest BCUT2D eigenvalue weighted by molar-refractivity contribution is 8.05. The van der Waals surface area contributed by atoms with Crippen LogP contribution in [0.15, 0.2) is 23.4 Å². The number of thioether (sulfide) groups is 1. The summed E-state index contributed by atoms with van der Waals surface area (Å²) in [4.78, 5) is 15.6. The second-order valence-electron chi connectivity index (χ2n) is 5.15. The highest BCUT2D eigenvalue weighted by Crippen LogP contribution is 2.38. The number of nitrogens with zero attached hydrogens (tertiary/aromatic N) is 1. The predicted molar refractivity (Wildman–Crippen MR) is 83.7 cm³/mol. The zero-order chi connectivity index (χ0) is 17.4. The molecule has 0 aliphatic carbocycles. The minimum absolute atomic E-state index is 0.234. The summed E-state index contributed by atoms with van der Waals surface area (Å²) >= 11 is 6.68. The lowest BCUT2D eigenvalue weighted by Gasteiger charge is -2.28. The van der Waals surface area contributed by atoms with E-state index in [-0.39, 0.29) is 11.9 Å². The van der Waals surface area contributed by atoms with Crippen molar-refractivity contribution in [1.29, 1.82) is 0 Å². The summed E-state index contributed by atoms with van der Waals surface area (Å²) in [6.45, 7) is 3.60. The van der Waals surface area contributed by atoms with Crippen molar-refractivity contribution in [3.63, 3.8) is 0 Å². The van der Waals surface area contributed by atoms with Gasteiger partial charge in [-0.05, 0) is 19.9 Å². The Hall–Kier alpha value is -1.45. The number of nitrogens with one attached hydrogen (secondary N) is 2. The number of alkyl halides is 3. The fourth-order valence-corrected chi connectivity index (χ4v) is 2.97. The Kier molecular flexibility index (Phi) is 4.84. The van der Waals surface area contributed by atoms with Crippen molar-refractivity contribution in [2.24, 2.45) is 5.73 Å². The quantitative estimate of drug-likeness (QED) is 0.766. The number of pyridine rings is 1. The molecule has 1 aromatic rings. The summed E-state index contributed by atoms with van der Waals surface area (Å²) in [7, 11) is 0. The molecule has 2 rings (SSSR count). The predicted octanol–water partition coefficient (Wildman–Crippen LogP) is 2.93. The largest absolute Gasteiger partial charge is 0.418 e. The second kappa shape index (κ2) is 6.21. The van der Waals surface area contributed by atoms with Gasteiger partial charge in [-0.3, -0.25) is 4.79 Å². The van der Waals surface area contributed by atoms with E-state index >= 15 is 0 Å². The molecule has 0 spiro atoms. The maximum atomic E-state index is 12.8. The molecule has 0 bridgehead atoms. The lowest BCUT2D eigenvalue weighted by atomic mass is 10.2. The van der Waals surface area contributed by atoms with E-state index in [2.05, 4.69) is 15.6 Å². The Morgan fingerprint density at radius 3 is 2.74 bits per heavy atom. The van der Waals surface area contributed by atoms with Crippen LogP contribution in [0.5, 0.6) is 0 Å². The van der Waals surface area contributed by atoms with Crippen LogP contribution in [0, 0.1) is 0 Å². The molecule has 0 saturated carbocycles. The third-order valence-corrected chi connectivity index (χ3v) is 5.04. The Morgan fingerprint density at radius 1 is 1.57 bits per heavy atom. The van der Waals surface area contributed by atoms with Crippen molar-refractivity contribution in [3.05, 3.63) is 34.0 Å². The zero-order valence-corrected chi connectivity index (χ0v) is 13.7. The van der Waals surface area contributed by atoms with Gasteiger partial charge in [0.15, 0.2) is 0 Å². The fourth-order valence-electron chi connectivity index (χ4n) is 1.73. The molecule has 1 aliphatic heterocycles. The number of hydrogen-bond acceptors (Lipinski definition) is 5. The number of anilines is 1. The van der Waals surface area contributed by atoms with Crippen LogP contribution in [-0.2, 0) is 11.0 Å². The van der Waals surface area contributed by atoms with E-state index in [1.54, 1.807) is 6.92 Å². The smallest absolute Gasteiger partial charge is 0.374 e. The lowest BCUT2D eigenvalue weighted by Crippen LogP contribution is -2.47. The van der Waals surface area contributed by atoms with Crippen LogP contribution in [-0.4, -0.2) is 21.8 Å². The number of carbonyl (C=O) groups excluding carboxylic acids is 1. The van der Waals surface area contributed by atoms with Crippen LogP contribution in [0.1, 0.15) is 19.4 Å². The van der Waals surface area contributed by atoms with Crippen molar-refractivity contribution in [3.8, 4) is 0 Å². The average Bonchev–Trinajstić information content (AvgIpc) is 2.84. The van der Waals surface area contributed by atoms with Crippen molar-refractivity contribution in [2.75, 3.05) is 5.32 Å². The summed E-state index contributed by atoms with van der Waals surface area (Å²) in [5.74, 6) is -0.808. The van der Waals surface area contributed by atoms with Gasteiger partial charge in [-0.2, -0.15) is 13.2 Å². The third-order valence-electron chi connectivity index (χ3n) is 3.31. The van der Waals surface area contributed by atoms with Crippen molar-refractivity contribution < 1.29 is 18.0 Å². The van der Waals surface area contributed by atoms with Crippen LogP contribution in [0.3, 0.4) is 0 Å². The molecule has 1 amide bonds. The van der Waals surface area contributed by atoms with Gasteiger partial charge in [0.05, 0.1) is 20.4 Å². The SMILES string of the molecule is CC(N)C1(C)NC=C(C(=O)Nc2cc(C(F)(F)F)c(Cl)cn2)S1. The first-order chi connectivity index (χ1) is 10.5. The number of nitrogens with two attached hydrogens (primary N) is 1. The summed E-state index contributed by atoms with van der Waals surface area (Å²) in [6, 6.07) is 0.443. The monoisotopic (exact) mass is 366 g/mol. The van der Waals surface area contributed by atoms with Crippen LogP contribution < -0.4 is 16.4 Å². The summed E-state index contributed by atoms with van der Waals surface area (Å²) in [6.07, 6.45) is -2.31. The van der Waals surface area contributed by atoms with Gasteiger partial charge in [-0.25, -0.2) is 4.98 Å². The van der Waals surface area contributed by atoms with Gasteiger partial charge >= 0.3 is 6.18 Å². The number of amides is 1. The topological polar surface area (TPSA) is 80.0 Å². The van der Waals surface area contributed by atoms with E-state index in [1.165, 1.54) is 18.0 Å². The van der Waals surface area contributed by atoms with Crippen LogP contribution in [0.4, 0.5) is 19.0 Å². The molecule has 5 nitrogen and oxygen atoms in total. The molecule has 0 saturated heterocycles. The molecule has 4 N–H and O–H groups in total. The Labute approximate surface area is 139 Å². The third kappa shape index (κ3) is 3.91. The summed E-state index contributed by atoms with van der Waals surface area (Å²) < 4.78 is 38.4. The van der Waals surface area contributed by atoms with Gasteiger partial charge in [-0.15, -0.1) is 0 Å². The Balaban J connectivity index is 2.13. The molecule has 126 valence electrons. The van der Waals surface area contributed by atoms with E-state index < -0.39 is 27.5 Å². The van der Waals surface area contributed by atoms with Gasteiger partial charge < -0.3 is 16.4 Å². The molecule has 23 heavy (non-hydrogen) atoms. The lowest BCUT2D eigenvalue weighted by molar-refractivity contribution is -0.137. The highest BCUT2D eigenvalue weighted by atomic mass is 35.5. The summed E-state index contributed by atoms with van der Waals surface area (Å²) in [5.41, 5.74) is 4.77. The molecule has 0 fully saturated rings. The van der Waals surface area contributed by atoms with Crippen molar-refractivity contribution in [2.45, 2.75) is 30.9 Å². The first-order valence-electron chi connectivity index (χ1n) is 6.49. The van der Waals surface area contributed by atoms with Crippen LogP contribution >= 0.6 is 23.4 Å². The zero-order valence-electron chi connectivity index (χ0n) is 12.2. The number of aromatic nitrogens is 1. The first kappa shape index (κ1) is 17.9. The number of rotatable bonds is 3. The van der Waals surface area contributed by atoms with Crippen LogP contribution in [0.25, 0.3) is 0 Å². The normalized spacial score (nSPS) is 22.3. The van der Waals surface area contributed by atoms with Crippen molar-refractivity contribution in [1.82, 2.24) is 10.3 Å². The van der Waals surface area contributed by atoms with E-state index in [4.69, 9.17) is 17.3 Å². The molecular weight excluding hydrogens is 353 g/mol. The van der Waals surface area contributed by atoms with E-state index in [0.717, 1.165) is 6.20 Å². The van der Waals surface area contributed by atoms with Crippen LogP contribution in [0.2, 0.25) is 5.02 Å². The number of carbonyl (C=O) groups is 1. The minimum Gasteiger partial charge on any atom is -0.374 e. The first-order valence-corrected chi connectivity index (χ1v) is 7.69. The minimum atomic E-state index is -4.63. The Bertz CT molecular complexity index is 665. The van der Waals surface area contributed by atoms with E-state index in [0.29, 0.717) is 11.0 Å². The highest BCUT2D eigenvalue weighted by Gasteiger charge is 2.37. The molecule has 2 heterocycles. The average molecular weight is 367 g/mol. The molecule has 0 aromatic carbocycles. The second-order valence-corrected chi connectivity index (χ2v) is 7.05. The van der Waals surface area contributed by atoms with Gasteiger partial charge in [0, 0.05) is 18.4 Å². The van der Waals surface area contributed by atoms with E-state index in [1.807, 2.05) is 6.92 Å². The molecule has 2 unspecified atom stereocenters. The molecule has 2 atom stereocenters. The van der Waals surface area contributed by atoms with Gasteiger partial charge in [0.25, 0.3) is 5.91 Å². The molecule has 1 aliphatic rings. The number of hydrogen-bond donors (Lipinski definition) is 3. The standard InChI is InChI=1S/C13H14ClF3N4OS/c1-6(18)12(2)20-5-9(23-12)11(22)21-10-3-7(13(15,16)17)8(14)4-19-10/h3-6,20H,18H2,1-2H3,(H,19,21,22). The summed E-state index contributed by atoms with van der Waals surface area (Å²) in [5, 5.41) is 4.78. The molecule has 1 aromatic heterocycles. The molecule has 0 radical (unpaired) electrons. The molecular formula is C13H14ClF3N4OS. The maximum absolute atomic E-state index is 12.8. The fraction of sp³-hybridized carbons (Fsp3) is 0.385. The van der Waals surface area contributed by atoms with E-state index in [9.17, 15) is 18.0 Å². The molecule has 10 heteroatoms. The Morgan fingerprint density at radius 2 is 2.22 bits per heavy atom.